The molecule has 0 saturated heterocycles. The summed E-state index contributed by atoms with van der Waals surface area (Å²) in [5.41, 5.74) is 0.527. The van der Waals surface area contributed by atoms with Crippen molar-refractivity contribution in [1.82, 2.24) is 5.32 Å². The first-order valence-electron chi connectivity index (χ1n) is 6.63. The fourth-order valence-electron chi connectivity index (χ4n) is 2.00. The maximum absolute atomic E-state index is 14.2. The molecule has 1 N–H and O–H groups in total. The summed E-state index contributed by atoms with van der Waals surface area (Å²) in [5, 5.41) is 3.35. The summed E-state index contributed by atoms with van der Waals surface area (Å²) >= 11 is 3.24. The second kappa shape index (κ2) is 7.36. The van der Waals surface area contributed by atoms with Gasteiger partial charge in [0.25, 0.3) is 0 Å². The van der Waals surface area contributed by atoms with Crippen molar-refractivity contribution in [3.8, 4) is 0 Å². The second-order valence-electron chi connectivity index (χ2n) is 5.26. The molecule has 0 aliphatic carbocycles. The van der Waals surface area contributed by atoms with Crippen LogP contribution in [0.15, 0.2) is 22.7 Å². The Morgan fingerprint density at radius 2 is 2.11 bits per heavy atom. The van der Waals surface area contributed by atoms with Crippen molar-refractivity contribution in [3.63, 3.8) is 0 Å². The summed E-state index contributed by atoms with van der Waals surface area (Å²) < 4.78 is 20.1. The van der Waals surface area contributed by atoms with Crippen molar-refractivity contribution >= 4 is 15.9 Å². The molecular formula is C15H23BrFNO. The first kappa shape index (κ1) is 16.6. The van der Waals surface area contributed by atoms with Crippen molar-refractivity contribution < 1.29 is 9.13 Å². The summed E-state index contributed by atoms with van der Waals surface area (Å²) in [7, 11) is 1.71. The highest BCUT2D eigenvalue weighted by molar-refractivity contribution is 9.10. The van der Waals surface area contributed by atoms with Gasteiger partial charge in [0.2, 0.25) is 0 Å². The van der Waals surface area contributed by atoms with Gasteiger partial charge in [-0.05, 0) is 55.2 Å². The Kier molecular flexibility index (Phi) is 6.43. The Morgan fingerprint density at radius 1 is 1.42 bits per heavy atom. The SMILES string of the molecule is CCNC(CCC(C)(C)OC)c1cccc(Br)c1F. The number of methoxy groups -OCH3 is 1. The Labute approximate surface area is 123 Å². The summed E-state index contributed by atoms with van der Waals surface area (Å²) in [6, 6.07) is 5.44. The highest BCUT2D eigenvalue weighted by Gasteiger charge is 2.22. The zero-order valence-corrected chi connectivity index (χ0v) is 13.7. The maximum atomic E-state index is 14.2. The zero-order chi connectivity index (χ0) is 14.5. The number of hydrogen-bond acceptors (Lipinski definition) is 2. The summed E-state index contributed by atoms with van der Waals surface area (Å²) in [5.74, 6) is -0.177. The van der Waals surface area contributed by atoms with Crippen LogP contribution in [0.25, 0.3) is 0 Å². The van der Waals surface area contributed by atoms with Gasteiger partial charge in [0.05, 0.1) is 10.1 Å². The predicted octanol–water partition coefficient (Wildman–Crippen LogP) is 4.44. The van der Waals surface area contributed by atoms with Gasteiger partial charge in [-0.2, -0.15) is 0 Å². The van der Waals surface area contributed by atoms with Crippen LogP contribution < -0.4 is 5.32 Å². The van der Waals surface area contributed by atoms with Crippen LogP contribution in [0.4, 0.5) is 4.39 Å². The fourth-order valence-corrected chi connectivity index (χ4v) is 2.38. The second-order valence-corrected chi connectivity index (χ2v) is 6.11. The molecule has 0 aliphatic rings. The third-order valence-electron chi connectivity index (χ3n) is 3.40. The lowest BCUT2D eigenvalue weighted by Crippen LogP contribution is -2.28. The van der Waals surface area contributed by atoms with Gasteiger partial charge in [-0.15, -0.1) is 0 Å². The van der Waals surface area contributed by atoms with E-state index >= 15 is 0 Å². The van der Waals surface area contributed by atoms with E-state index in [1.54, 1.807) is 13.2 Å². The molecule has 19 heavy (non-hydrogen) atoms. The van der Waals surface area contributed by atoms with Gasteiger partial charge in [-0.25, -0.2) is 4.39 Å². The van der Waals surface area contributed by atoms with Gasteiger partial charge >= 0.3 is 0 Å². The van der Waals surface area contributed by atoms with Crippen LogP contribution in [0.2, 0.25) is 0 Å². The molecule has 0 aliphatic heterocycles. The summed E-state index contributed by atoms with van der Waals surface area (Å²) in [6.45, 7) is 6.94. The smallest absolute Gasteiger partial charge is 0.142 e. The van der Waals surface area contributed by atoms with Gasteiger partial charge in [-0.3, -0.25) is 0 Å². The molecule has 1 rings (SSSR count). The van der Waals surface area contributed by atoms with E-state index < -0.39 is 0 Å². The lowest BCUT2D eigenvalue weighted by Gasteiger charge is -2.27. The third kappa shape index (κ3) is 4.86. The minimum Gasteiger partial charge on any atom is -0.379 e. The minimum atomic E-state index is -0.184. The molecular weight excluding hydrogens is 309 g/mol. The van der Waals surface area contributed by atoms with Crippen LogP contribution in [0.5, 0.6) is 0 Å². The van der Waals surface area contributed by atoms with E-state index in [0.29, 0.717) is 10.0 Å². The molecule has 0 spiro atoms. The molecule has 2 nitrogen and oxygen atoms in total. The van der Waals surface area contributed by atoms with Crippen molar-refractivity contribution in [2.75, 3.05) is 13.7 Å². The van der Waals surface area contributed by atoms with Gasteiger partial charge in [0, 0.05) is 18.7 Å². The Hall–Kier alpha value is -0.450. The Bertz CT molecular complexity index is 409. The predicted molar refractivity (Wildman–Crippen MR) is 80.8 cm³/mol. The molecule has 1 aromatic carbocycles. The van der Waals surface area contributed by atoms with Crippen LogP contribution in [-0.4, -0.2) is 19.3 Å². The van der Waals surface area contributed by atoms with Gasteiger partial charge in [-0.1, -0.05) is 19.1 Å². The summed E-state index contributed by atoms with van der Waals surface area (Å²) in [6.07, 6.45) is 1.70. The normalized spacial score (nSPS) is 13.6. The fraction of sp³-hybridized carbons (Fsp3) is 0.600. The number of ether oxygens (including phenoxy) is 1. The van der Waals surface area contributed by atoms with E-state index in [-0.39, 0.29) is 17.5 Å². The van der Waals surface area contributed by atoms with Crippen molar-refractivity contribution in [2.24, 2.45) is 0 Å². The highest BCUT2D eigenvalue weighted by Crippen LogP contribution is 2.29. The Morgan fingerprint density at radius 3 is 2.68 bits per heavy atom. The van der Waals surface area contributed by atoms with Crippen molar-refractivity contribution in [3.05, 3.63) is 34.1 Å². The molecule has 1 aromatic rings. The molecule has 1 unspecified atom stereocenters. The summed E-state index contributed by atoms with van der Waals surface area (Å²) in [4.78, 5) is 0. The average Bonchev–Trinajstić information content (AvgIpc) is 2.38. The molecule has 0 saturated carbocycles. The van der Waals surface area contributed by atoms with Crippen molar-refractivity contribution in [2.45, 2.75) is 45.3 Å². The van der Waals surface area contributed by atoms with Crippen LogP contribution >= 0.6 is 15.9 Å². The molecule has 0 fully saturated rings. The molecule has 0 heterocycles. The van der Waals surface area contributed by atoms with Gasteiger partial charge in [0.15, 0.2) is 0 Å². The molecule has 4 heteroatoms. The van der Waals surface area contributed by atoms with Crippen LogP contribution in [0, 0.1) is 5.82 Å². The number of halogens is 2. The number of benzene rings is 1. The lowest BCUT2D eigenvalue weighted by molar-refractivity contribution is 0.0116. The molecule has 0 bridgehead atoms. The topological polar surface area (TPSA) is 21.3 Å². The first-order chi connectivity index (χ1) is 8.91. The third-order valence-corrected chi connectivity index (χ3v) is 4.01. The van der Waals surface area contributed by atoms with Gasteiger partial charge in [0.1, 0.15) is 5.82 Å². The van der Waals surface area contributed by atoms with E-state index in [0.717, 1.165) is 19.4 Å². The molecule has 108 valence electrons. The minimum absolute atomic E-state index is 0.0110. The quantitative estimate of drug-likeness (QED) is 0.797. The highest BCUT2D eigenvalue weighted by atomic mass is 79.9. The van der Waals surface area contributed by atoms with E-state index in [2.05, 4.69) is 21.2 Å². The lowest BCUT2D eigenvalue weighted by atomic mass is 9.94. The molecule has 1 atom stereocenters. The molecule has 0 radical (unpaired) electrons. The number of hydrogen-bond donors (Lipinski definition) is 1. The van der Waals surface area contributed by atoms with E-state index in [1.807, 2.05) is 32.9 Å². The van der Waals surface area contributed by atoms with Crippen LogP contribution in [0.3, 0.4) is 0 Å². The molecule has 0 aromatic heterocycles. The Balaban J connectivity index is 2.85. The molecule has 0 amide bonds. The van der Waals surface area contributed by atoms with Crippen LogP contribution in [0.1, 0.15) is 45.2 Å². The van der Waals surface area contributed by atoms with E-state index in [4.69, 9.17) is 4.74 Å². The maximum Gasteiger partial charge on any atom is 0.142 e. The van der Waals surface area contributed by atoms with E-state index in [1.165, 1.54) is 0 Å². The number of rotatable bonds is 7. The first-order valence-corrected chi connectivity index (χ1v) is 7.43. The largest absolute Gasteiger partial charge is 0.379 e. The average molecular weight is 332 g/mol. The van der Waals surface area contributed by atoms with Crippen molar-refractivity contribution in [1.29, 1.82) is 0 Å². The van der Waals surface area contributed by atoms with E-state index in [9.17, 15) is 4.39 Å². The standard InChI is InChI=1S/C15H23BrFNO/c1-5-18-13(9-10-15(2,3)19-4)11-7-6-8-12(16)14(11)17/h6-8,13,18H,5,9-10H2,1-4H3. The zero-order valence-electron chi connectivity index (χ0n) is 12.1. The number of nitrogens with one attached hydrogen (secondary N) is 1. The van der Waals surface area contributed by atoms with Crippen LogP contribution in [-0.2, 0) is 4.74 Å². The van der Waals surface area contributed by atoms with Gasteiger partial charge < -0.3 is 10.1 Å². The monoisotopic (exact) mass is 331 g/mol.